The fourth-order valence-corrected chi connectivity index (χ4v) is 1.87. The summed E-state index contributed by atoms with van der Waals surface area (Å²) in [6, 6.07) is 6.48. The molecule has 0 heterocycles. The number of nitrogens with two attached hydrogens (primary N) is 1. The zero-order valence-electron chi connectivity index (χ0n) is 7.84. The molecule has 78 valence electrons. The molecule has 0 bridgehead atoms. The molecule has 1 atom stereocenters. The number of anilines is 1. The molecule has 1 aromatic rings. The van der Waals surface area contributed by atoms with Crippen molar-refractivity contribution in [3.63, 3.8) is 0 Å². The lowest BCUT2D eigenvalue weighted by atomic mass is 10.1. The summed E-state index contributed by atoms with van der Waals surface area (Å²) in [5.41, 5.74) is 6.60. The van der Waals surface area contributed by atoms with E-state index in [1.807, 2.05) is 0 Å². The van der Waals surface area contributed by atoms with Gasteiger partial charge in [0.2, 0.25) is 0 Å². The van der Waals surface area contributed by atoms with E-state index >= 15 is 0 Å². The molecule has 1 rings (SSSR count). The summed E-state index contributed by atoms with van der Waals surface area (Å²) in [5.74, 6) is -0.267. The average Bonchev–Trinajstić information content (AvgIpc) is 2.02. The van der Waals surface area contributed by atoms with Crippen molar-refractivity contribution in [2.75, 3.05) is 17.7 Å². The fraction of sp³-hybridized carbons (Fsp3) is 0.333. The minimum Gasteiger partial charge on any atom is -0.399 e. The number of hydrogen-bond donors (Lipinski definition) is 2. The van der Waals surface area contributed by atoms with Crippen molar-refractivity contribution in [3.8, 4) is 0 Å². The van der Waals surface area contributed by atoms with E-state index < -0.39 is 15.9 Å². The van der Waals surface area contributed by atoms with E-state index in [0.717, 1.165) is 6.26 Å². The van der Waals surface area contributed by atoms with Gasteiger partial charge in [-0.1, -0.05) is 12.1 Å². The number of aliphatic hydroxyl groups is 1. The third-order valence-corrected chi connectivity index (χ3v) is 2.70. The molecule has 5 heteroatoms. The van der Waals surface area contributed by atoms with Crippen molar-refractivity contribution in [2.24, 2.45) is 0 Å². The molecule has 0 radical (unpaired) electrons. The average molecular weight is 215 g/mol. The van der Waals surface area contributed by atoms with Crippen LogP contribution in [0.15, 0.2) is 24.3 Å². The van der Waals surface area contributed by atoms with E-state index in [2.05, 4.69) is 0 Å². The topological polar surface area (TPSA) is 80.4 Å². The van der Waals surface area contributed by atoms with Crippen molar-refractivity contribution in [1.82, 2.24) is 0 Å². The summed E-state index contributed by atoms with van der Waals surface area (Å²) in [5, 5.41) is 9.53. The van der Waals surface area contributed by atoms with Gasteiger partial charge >= 0.3 is 0 Å². The van der Waals surface area contributed by atoms with Crippen LogP contribution in [0.25, 0.3) is 0 Å². The van der Waals surface area contributed by atoms with Gasteiger partial charge in [0, 0.05) is 11.9 Å². The molecule has 0 fully saturated rings. The Kier molecular flexibility index (Phi) is 3.13. The molecule has 14 heavy (non-hydrogen) atoms. The third kappa shape index (κ3) is 3.35. The first-order valence-electron chi connectivity index (χ1n) is 4.10. The zero-order chi connectivity index (χ0) is 10.8. The molecule has 0 unspecified atom stereocenters. The van der Waals surface area contributed by atoms with Gasteiger partial charge in [-0.15, -0.1) is 0 Å². The van der Waals surface area contributed by atoms with Crippen molar-refractivity contribution < 1.29 is 13.5 Å². The lowest BCUT2D eigenvalue weighted by Gasteiger charge is -2.09. The standard InChI is InChI=1S/C9H13NO3S/c1-14(12,13)6-9(11)7-2-4-8(10)5-3-7/h2-5,9,11H,6,10H2,1H3/t9-/m1/s1. The summed E-state index contributed by atoms with van der Waals surface area (Å²) >= 11 is 0. The van der Waals surface area contributed by atoms with Crippen molar-refractivity contribution >= 4 is 15.5 Å². The molecule has 0 saturated carbocycles. The lowest BCUT2D eigenvalue weighted by Crippen LogP contribution is -2.12. The van der Waals surface area contributed by atoms with Crippen LogP contribution in [0.3, 0.4) is 0 Å². The molecule has 0 saturated heterocycles. The highest BCUT2D eigenvalue weighted by Crippen LogP contribution is 2.15. The quantitative estimate of drug-likeness (QED) is 0.713. The molecule has 0 aliphatic heterocycles. The maximum Gasteiger partial charge on any atom is 0.150 e. The molecule has 1 aromatic carbocycles. The predicted octanol–water partition coefficient (Wildman–Crippen LogP) is 0.347. The van der Waals surface area contributed by atoms with E-state index in [1.165, 1.54) is 0 Å². The van der Waals surface area contributed by atoms with E-state index in [-0.39, 0.29) is 5.75 Å². The second-order valence-electron chi connectivity index (χ2n) is 3.27. The van der Waals surface area contributed by atoms with E-state index in [0.29, 0.717) is 11.3 Å². The highest BCUT2D eigenvalue weighted by Gasteiger charge is 2.13. The van der Waals surface area contributed by atoms with Gasteiger partial charge in [0.1, 0.15) is 9.84 Å². The lowest BCUT2D eigenvalue weighted by molar-refractivity contribution is 0.202. The fourth-order valence-electron chi connectivity index (χ4n) is 1.10. The Hall–Kier alpha value is -1.07. The van der Waals surface area contributed by atoms with Gasteiger partial charge in [0.25, 0.3) is 0 Å². The van der Waals surface area contributed by atoms with E-state index in [1.54, 1.807) is 24.3 Å². The van der Waals surface area contributed by atoms with Crippen LogP contribution in [0.2, 0.25) is 0 Å². The molecular weight excluding hydrogens is 202 g/mol. The van der Waals surface area contributed by atoms with Crippen LogP contribution in [0.5, 0.6) is 0 Å². The van der Waals surface area contributed by atoms with Gasteiger partial charge in [-0.2, -0.15) is 0 Å². The number of nitrogen functional groups attached to an aromatic ring is 1. The molecule has 4 nitrogen and oxygen atoms in total. The first-order valence-corrected chi connectivity index (χ1v) is 6.16. The number of sulfone groups is 1. The zero-order valence-corrected chi connectivity index (χ0v) is 8.66. The minimum absolute atomic E-state index is 0.267. The van der Waals surface area contributed by atoms with Crippen LogP contribution >= 0.6 is 0 Å². The largest absolute Gasteiger partial charge is 0.399 e. The Morgan fingerprint density at radius 1 is 1.36 bits per heavy atom. The van der Waals surface area contributed by atoms with Gasteiger partial charge in [-0.25, -0.2) is 8.42 Å². The van der Waals surface area contributed by atoms with Crippen LogP contribution < -0.4 is 5.73 Å². The molecule has 0 amide bonds. The van der Waals surface area contributed by atoms with E-state index in [9.17, 15) is 13.5 Å². The Balaban J connectivity index is 2.80. The molecular formula is C9H13NO3S. The molecule has 0 aromatic heterocycles. The number of benzene rings is 1. The Labute approximate surface area is 83.3 Å². The minimum atomic E-state index is -3.16. The Bertz CT molecular complexity index is 397. The highest BCUT2D eigenvalue weighted by molar-refractivity contribution is 7.90. The van der Waals surface area contributed by atoms with Gasteiger partial charge in [0.15, 0.2) is 0 Å². The second-order valence-corrected chi connectivity index (χ2v) is 5.46. The molecule has 0 aliphatic rings. The van der Waals surface area contributed by atoms with Crippen molar-refractivity contribution in [2.45, 2.75) is 6.10 Å². The van der Waals surface area contributed by atoms with Crippen LogP contribution in [-0.2, 0) is 9.84 Å². The van der Waals surface area contributed by atoms with Crippen LogP contribution in [0, 0.1) is 0 Å². The maximum atomic E-state index is 10.9. The van der Waals surface area contributed by atoms with Crippen molar-refractivity contribution in [3.05, 3.63) is 29.8 Å². The molecule has 3 N–H and O–H groups in total. The first-order chi connectivity index (χ1) is 6.38. The first kappa shape index (κ1) is 11.0. The Morgan fingerprint density at radius 3 is 2.29 bits per heavy atom. The number of hydrogen-bond acceptors (Lipinski definition) is 4. The predicted molar refractivity (Wildman–Crippen MR) is 55.5 cm³/mol. The van der Waals surface area contributed by atoms with Gasteiger partial charge in [-0.05, 0) is 17.7 Å². The number of aliphatic hydroxyl groups excluding tert-OH is 1. The summed E-state index contributed by atoms with van der Waals surface area (Å²) < 4.78 is 21.8. The van der Waals surface area contributed by atoms with Crippen LogP contribution in [0.1, 0.15) is 11.7 Å². The third-order valence-electron chi connectivity index (χ3n) is 1.78. The summed E-state index contributed by atoms with van der Waals surface area (Å²) in [4.78, 5) is 0. The summed E-state index contributed by atoms with van der Waals surface area (Å²) in [6.07, 6.45) is 0.110. The smallest absolute Gasteiger partial charge is 0.150 e. The van der Waals surface area contributed by atoms with Gasteiger partial charge in [0.05, 0.1) is 11.9 Å². The van der Waals surface area contributed by atoms with Crippen molar-refractivity contribution in [1.29, 1.82) is 0 Å². The normalized spacial score (nSPS) is 13.9. The Morgan fingerprint density at radius 2 is 1.86 bits per heavy atom. The summed E-state index contributed by atoms with van der Waals surface area (Å²) in [7, 11) is -3.16. The molecule has 0 spiro atoms. The van der Waals surface area contributed by atoms with Gasteiger partial charge < -0.3 is 10.8 Å². The second kappa shape index (κ2) is 3.98. The molecule has 0 aliphatic carbocycles. The SMILES string of the molecule is CS(=O)(=O)C[C@@H](O)c1ccc(N)cc1. The highest BCUT2D eigenvalue weighted by atomic mass is 32.2. The monoisotopic (exact) mass is 215 g/mol. The number of rotatable bonds is 3. The van der Waals surface area contributed by atoms with Crippen LogP contribution in [-0.4, -0.2) is 25.5 Å². The maximum absolute atomic E-state index is 10.9. The van der Waals surface area contributed by atoms with Gasteiger partial charge in [-0.3, -0.25) is 0 Å². The summed E-state index contributed by atoms with van der Waals surface area (Å²) in [6.45, 7) is 0. The van der Waals surface area contributed by atoms with Crippen LogP contribution in [0.4, 0.5) is 5.69 Å². The van der Waals surface area contributed by atoms with E-state index in [4.69, 9.17) is 5.73 Å².